The molecule has 0 bridgehead atoms. The van der Waals surface area contributed by atoms with Crippen LogP contribution in [0.25, 0.3) is 0 Å². The van der Waals surface area contributed by atoms with Crippen LogP contribution in [-0.4, -0.2) is 62.2 Å². The van der Waals surface area contributed by atoms with Crippen molar-refractivity contribution in [1.82, 2.24) is 4.90 Å². The first-order valence-electron chi connectivity index (χ1n) is 22.3. The van der Waals surface area contributed by atoms with Crippen LogP contribution in [0, 0.1) is 46.3 Å². The standard InChI is InChI=1S/C49H77NO5/c1-8-12-13-14-15-19-28-50(47(51)55-36-38-22-17-16-18-23-38)29-20-21-37(5)41-24-25-42-46-43(35-45(49(41,42)7)54-32-11-4)48(6)27-26-40(52-30-9-2)33-39(48)34-44(46)53-31-10-3/h9-11,16-18,22-23,37,39-46H,2-4,8,12-15,19-21,24-36H2,1,5-7H3/t37?,39-,40+,41+,42-,43-,44+,45-,46?,48-,49+/m0/s1. The van der Waals surface area contributed by atoms with E-state index in [0.29, 0.717) is 68.0 Å². The van der Waals surface area contributed by atoms with Crippen molar-refractivity contribution >= 4 is 6.09 Å². The summed E-state index contributed by atoms with van der Waals surface area (Å²) in [5.41, 5.74) is 1.34. The molecular weight excluding hydrogens is 683 g/mol. The number of carbonyl (C=O) groups is 1. The fraction of sp³-hybridized carbons (Fsp3) is 0.735. The van der Waals surface area contributed by atoms with E-state index in [1.165, 1.54) is 44.9 Å². The van der Waals surface area contributed by atoms with E-state index in [9.17, 15) is 4.79 Å². The fourth-order valence-electron chi connectivity index (χ4n) is 12.2. The van der Waals surface area contributed by atoms with Gasteiger partial charge in [-0.3, -0.25) is 0 Å². The van der Waals surface area contributed by atoms with Crippen molar-refractivity contribution in [3.63, 3.8) is 0 Å². The quantitative estimate of drug-likeness (QED) is 0.0821. The summed E-state index contributed by atoms with van der Waals surface area (Å²) in [7, 11) is 0. The van der Waals surface area contributed by atoms with Crippen molar-refractivity contribution in [2.75, 3.05) is 32.9 Å². The minimum Gasteiger partial charge on any atom is -0.445 e. The number of benzene rings is 1. The lowest BCUT2D eigenvalue weighted by molar-refractivity contribution is -0.223. The molecule has 6 nitrogen and oxygen atoms in total. The highest BCUT2D eigenvalue weighted by atomic mass is 16.6. The third kappa shape index (κ3) is 10.6. The Morgan fingerprint density at radius 1 is 0.836 bits per heavy atom. The number of carbonyl (C=O) groups excluding carboxylic acids is 1. The molecule has 1 aromatic carbocycles. The highest BCUT2D eigenvalue weighted by Gasteiger charge is 2.66. The van der Waals surface area contributed by atoms with E-state index in [0.717, 1.165) is 70.0 Å². The Bertz CT molecular complexity index is 1330. The average Bonchev–Trinajstić information content (AvgIpc) is 3.56. The third-order valence-corrected chi connectivity index (χ3v) is 15.1. The average molecular weight is 760 g/mol. The first-order valence-corrected chi connectivity index (χ1v) is 22.3. The monoisotopic (exact) mass is 760 g/mol. The van der Waals surface area contributed by atoms with Crippen LogP contribution < -0.4 is 0 Å². The summed E-state index contributed by atoms with van der Waals surface area (Å²) in [5.74, 6) is 3.28. The van der Waals surface area contributed by atoms with Crippen molar-refractivity contribution in [3.05, 3.63) is 73.9 Å². The molecule has 4 saturated carbocycles. The molecule has 4 fully saturated rings. The topological polar surface area (TPSA) is 57.2 Å². The number of nitrogens with zero attached hydrogens (tertiary/aromatic N) is 1. The summed E-state index contributed by atoms with van der Waals surface area (Å²) in [4.78, 5) is 15.5. The Hall–Kier alpha value is -2.41. The highest BCUT2D eigenvalue weighted by molar-refractivity contribution is 5.67. The normalized spacial score (nSPS) is 33.1. The molecule has 0 spiro atoms. The van der Waals surface area contributed by atoms with Crippen molar-refractivity contribution in [1.29, 1.82) is 0 Å². The zero-order valence-corrected chi connectivity index (χ0v) is 35.3. The molecule has 1 aromatic rings. The number of amides is 1. The predicted molar refractivity (Wildman–Crippen MR) is 226 cm³/mol. The maximum atomic E-state index is 13.5. The molecule has 0 radical (unpaired) electrons. The van der Waals surface area contributed by atoms with Crippen LogP contribution >= 0.6 is 0 Å². The molecule has 0 heterocycles. The van der Waals surface area contributed by atoms with E-state index in [1.54, 1.807) is 0 Å². The molecular formula is C49H77NO5. The van der Waals surface area contributed by atoms with Gasteiger partial charge in [0.05, 0.1) is 38.1 Å². The lowest BCUT2D eigenvalue weighted by Gasteiger charge is -2.64. The van der Waals surface area contributed by atoms with E-state index in [1.807, 2.05) is 53.5 Å². The molecule has 4 aliphatic rings. The number of fused-ring (bicyclic) bond motifs is 5. The second-order valence-electron chi connectivity index (χ2n) is 18.2. The Morgan fingerprint density at radius 2 is 1.53 bits per heavy atom. The largest absolute Gasteiger partial charge is 0.445 e. The number of ether oxygens (including phenoxy) is 4. The van der Waals surface area contributed by atoms with E-state index in [4.69, 9.17) is 18.9 Å². The van der Waals surface area contributed by atoms with Crippen LogP contribution in [0.2, 0.25) is 0 Å². The minimum absolute atomic E-state index is 0.0552. The molecule has 1 amide bonds. The van der Waals surface area contributed by atoms with Gasteiger partial charge in [0.2, 0.25) is 0 Å². The van der Waals surface area contributed by atoms with E-state index < -0.39 is 0 Å². The molecule has 0 aromatic heterocycles. The second-order valence-corrected chi connectivity index (χ2v) is 18.2. The maximum Gasteiger partial charge on any atom is 0.410 e. The molecule has 6 heteroatoms. The van der Waals surface area contributed by atoms with Gasteiger partial charge in [0, 0.05) is 18.5 Å². The number of hydrogen-bond donors (Lipinski definition) is 0. The molecule has 0 N–H and O–H groups in total. The fourth-order valence-corrected chi connectivity index (χ4v) is 12.2. The van der Waals surface area contributed by atoms with Crippen LogP contribution in [-0.2, 0) is 25.6 Å². The first-order chi connectivity index (χ1) is 26.7. The Balaban J connectivity index is 1.29. The summed E-state index contributed by atoms with van der Waals surface area (Å²) in [6.07, 6.45) is 23.7. The van der Waals surface area contributed by atoms with E-state index >= 15 is 0 Å². The van der Waals surface area contributed by atoms with Crippen molar-refractivity contribution in [3.8, 4) is 0 Å². The third-order valence-electron chi connectivity index (χ3n) is 15.1. The van der Waals surface area contributed by atoms with Crippen molar-refractivity contribution in [2.45, 2.75) is 149 Å². The molecule has 0 aliphatic heterocycles. The SMILES string of the molecule is C=CCO[C@@H]1CC[C@@]2(C)[C@@H](C1)C[C@@H](OCC=C)C1[C@@H]2C[C@H](OCC=C)[C@]2(C)[C@@H](C(C)CCCN(CCCCCCCC)C(=O)OCc3ccccc3)CC[C@@H]12. The van der Waals surface area contributed by atoms with Gasteiger partial charge in [0.25, 0.3) is 0 Å². The lowest BCUT2D eigenvalue weighted by Crippen LogP contribution is -2.63. The molecule has 0 saturated heterocycles. The van der Waals surface area contributed by atoms with Gasteiger partial charge < -0.3 is 23.8 Å². The van der Waals surface area contributed by atoms with Gasteiger partial charge in [-0.2, -0.15) is 0 Å². The molecule has 4 aliphatic carbocycles. The maximum absolute atomic E-state index is 13.5. The zero-order valence-electron chi connectivity index (χ0n) is 35.3. The molecule has 308 valence electrons. The van der Waals surface area contributed by atoms with Crippen molar-refractivity contribution in [2.24, 2.45) is 46.3 Å². The number of rotatable bonds is 23. The summed E-state index contributed by atoms with van der Waals surface area (Å²) in [6, 6.07) is 10.0. The van der Waals surface area contributed by atoms with Gasteiger partial charge in [-0.1, -0.05) is 108 Å². The van der Waals surface area contributed by atoms with Gasteiger partial charge in [0.1, 0.15) is 6.61 Å². The molecule has 55 heavy (non-hydrogen) atoms. The number of unbranched alkanes of at least 4 members (excludes halogenated alkanes) is 5. The lowest BCUT2D eigenvalue weighted by atomic mass is 9.43. The second kappa shape index (κ2) is 21.4. The van der Waals surface area contributed by atoms with Crippen LogP contribution in [0.3, 0.4) is 0 Å². The summed E-state index contributed by atoms with van der Waals surface area (Å²) in [5, 5.41) is 0. The minimum atomic E-state index is -0.176. The first kappa shape index (κ1) is 43.7. The molecule has 2 unspecified atom stereocenters. The highest BCUT2D eigenvalue weighted by Crippen LogP contribution is 2.69. The predicted octanol–water partition coefficient (Wildman–Crippen LogP) is 12.0. The van der Waals surface area contributed by atoms with Crippen LogP contribution in [0.15, 0.2) is 68.3 Å². The molecule has 11 atom stereocenters. The molecule has 5 rings (SSSR count). The Morgan fingerprint density at radius 3 is 2.27 bits per heavy atom. The van der Waals surface area contributed by atoms with Gasteiger partial charge >= 0.3 is 6.09 Å². The summed E-state index contributed by atoms with van der Waals surface area (Å²) in [6.45, 7) is 25.6. The van der Waals surface area contributed by atoms with E-state index in [-0.39, 0.29) is 29.1 Å². The van der Waals surface area contributed by atoms with Crippen LogP contribution in [0.1, 0.15) is 130 Å². The van der Waals surface area contributed by atoms with Gasteiger partial charge in [-0.15, -0.1) is 19.7 Å². The summed E-state index contributed by atoms with van der Waals surface area (Å²) >= 11 is 0. The van der Waals surface area contributed by atoms with E-state index in [2.05, 4.69) is 47.4 Å². The van der Waals surface area contributed by atoms with Crippen LogP contribution in [0.5, 0.6) is 0 Å². The Labute approximate surface area is 335 Å². The van der Waals surface area contributed by atoms with Gasteiger partial charge in [-0.05, 0) is 111 Å². The van der Waals surface area contributed by atoms with Gasteiger partial charge in [-0.25, -0.2) is 4.79 Å². The number of hydrogen-bond acceptors (Lipinski definition) is 5. The van der Waals surface area contributed by atoms with Crippen LogP contribution in [0.4, 0.5) is 4.79 Å². The van der Waals surface area contributed by atoms with Gasteiger partial charge in [0.15, 0.2) is 0 Å². The zero-order chi connectivity index (χ0) is 39.3. The smallest absolute Gasteiger partial charge is 0.410 e. The Kier molecular flexibility index (Phi) is 17.0. The van der Waals surface area contributed by atoms with Crippen molar-refractivity contribution < 1.29 is 23.7 Å². The summed E-state index contributed by atoms with van der Waals surface area (Å²) < 4.78 is 25.9.